The first-order valence-electron chi connectivity index (χ1n) is 10.5. The van der Waals surface area contributed by atoms with Crippen molar-refractivity contribution in [3.63, 3.8) is 0 Å². The zero-order chi connectivity index (χ0) is 23.8. The van der Waals surface area contributed by atoms with E-state index in [1.165, 1.54) is 6.07 Å². The lowest BCUT2D eigenvalue weighted by atomic mass is 9.96. The lowest BCUT2D eigenvalue weighted by Gasteiger charge is -2.23. The molecule has 5 heteroatoms. The molecule has 0 atom stereocenters. The van der Waals surface area contributed by atoms with Crippen LogP contribution in [0.15, 0.2) is 67.8 Å². The summed E-state index contributed by atoms with van der Waals surface area (Å²) < 4.78 is 54.4. The van der Waals surface area contributed by atoms with Crippen molar-refractivity contribution < 1.29 is 22.6 Å². The lowest BCUT2D eigenvalue weighted by Crippen LogP contribution is -2.10. The van der Waals surface area contributed by atoms with Crippen LogP contribution in [0.5, 0.6) is 17.2 Å². The molecule has 1 aliphatic heterocycles. The minimum Gasteiger partial charge on any atom is -0.491 e. The molecule has 0 unspecified atom stereocenters. The van der Waals surface area contributed by atoms with Crippen molar-refractivity contribution >= 4 is 0 Å². The summed E-state index contributed by atoms with van der Waals surface area (Å²) in [7, 11) is 0. The highest BCUT2D eigenvalue weighted by molar-refractivity contribution is 5.54. The van der Waals surface area contributed by atoms with Crippen LogP contribution in [0.25, 0.3) is 0 Å². The van der Waals surface area contributed by atoms with Gasteiger partial charge in [-0.25, -0.2) is 4.39 Å². The summed E-state index contributed by atoms with van der Waals surface area (Å²) in [5.74, 6) is -3.36. The van der Waals surface area contributed by atoms with E-state index in [9.17, 15) is 8.78 Å². The van der Waals surface area contributed by atoms with E-state index in [1.54, 1.807) is 19.1 Å². The molecule has 1 heterocycles. The third kappa shape index (κ3) is 5.52. The fraction of sp³-hybridized carbons (Fsp3) is 0.259. The molecule has 1 aliphatic rings. The summed E-state index contributed by atoms with van der Waals surface area (Å²) in [6, 6.07) is 4.87. The molecule has 0 saturated heterocycles. The van der Waals surface area contributed by atoms with E-state index >= 15 is 4.39 Å². The molecule has 32 heavy (non-hydrogen) atoms. The van der Waals surface area contributed by atoms with Crippen LogP contribution in [0, 0.1) is 17.5 Å². The third-order valence-corrected chi connectivity index (χ3v) is 5.07. The van der Waals surface area contributed by atoms with Crippen LogP contribution in [0.1, 0.15) is 43.4 Å². The summed E-state index contributed by atoms with van der Waals surface area (Å²) >= 11 is 0. The van der Waals surface area contributed by atoms with Crippen molar-refractivity contribution in [1.82, 2.24) is 0 Å². The molecule has 0 saturated carbocycles. The van der Waals surface area contributed by atoms with Gasteiger partial charge in [0.15, 0.2) is 23.1 Å². The largest absolute Gasteiger partial charge is 0.491 e. The van der Waals surface area contributed by atoms with E-state index in [4.69, 9.17) is 9.47 Å². The normalized spacial score (nSPS) is 11.7. The predicted molar refractivity (Wildman–Crippen MR) is 124 cm³/mol. The number of halogens is 3. The molecular weight excluding hydrogens is 413 g/mol. The fourth-order valence-electron chi connectivity index (χ4n) is 3.26. The van der Waals surface area contributed by atoms with Crippen LogP contribution in [0.4, 0.5) is 13.2 Å². The molecule has 0 fully saturated rings. The number of allylic oxidation sites excluding steroid dienone is 4. The fourth-order valence-corrected chi connectivity index (χ4v) is 3.26. The first kappa shape index (κ1) is 25.1. The number of rotatable bonds is 8. The summed E-state index contributed by atoms with van der Waals surface area (Å²) in [4.78, 5) is 0. The average Bonchev–Trinajstić information content (AvgIpc) is 2.81. The molecule has 170 valence electrons. The highest BCUT2D eigenvalue weighted by Crippen LogP contribution is 2.43. The van der Waals surface area contributed by atoms with Crippen LogP contribution >= 0.6 is 0 Å². The van der Waals surface area contributed by atoms with Crippen molar-refractivity contribution in [1.29, 1.82) is 0 Å². The Labute approximate surface area is 188 Å². The van der Waals surface area contributed by atoms with Gasteiger partial charge in [0, 0.05) is 17.5 Å². The number of hydrogen-bond acceptors (Lipinski definition) is 2. The van der Waals surface area contributed by atoms with Gasteiger partial charge in [0.1, 0.15) is 0 Å². The number of aryl methyl sites for hydroxylation is 1. The molecule has 0 spiro atoms. The highest BCUT2D eigenvalue weighted by Gasteiger charge is 2.28. The van der Waals surface area contributed by atoms with Crippen LogP contribution < -0.4 is 9.47 Å². The number of fused-ring (bicyclic) bond motifs is 2. The zero-order valence-electron chi connectivity index (χ0n) is 18.7. The topological polar surface area (TPSA) is 18.5 Å². The second-order valence-electron chi connectivity index (χ2n) is 7.23. The molecular formula is C27H29F3O2. The highest BCUT2D eigenvalue weighted by atomic mass is 19.2. The van der Waals surface area contributed by atoms with Gasteiger partial charge in [-0.1, -0.05) is 55.5 Å². The van der Waals surface area contributed by atoms with E-state index in [1.807, 2.05) is 19.1 Å². The second-order valence-corrected chi connectivity index (χ2v) is 7.23. The Morgan fingerprint density at radius 2 is 1.62 bits per heavy atom. The Balaban J connectivity index is 0.00000176. The number of ether oxygens (including phenoxy) is 2. The van der Waals surface area contributed by atoms with E-state index in [0.717, 1.165) is 17.6 Å². The van der Waals surface area contributed by atoms with Crippen molar-refractivity contribution in [3.8, 4) is 17.2 Å². The maximum absolute atomic E-state index is 15.1. The Hall–Kier alpha value is -3.21. The van der Waals surface area contributed by atoms with E-state index in [-0.39, 0.29) is 30.3 Å². The summed E-state index contributed by atoms with van der Waals surface area (Å²) in [5.41, 5.74) is 3.28. The number of hydrogen-bond donors (Lipinski definition) is 0. The maximum Gasteiger partial charge on any atom is 0.205 e. The van der Waals surface area contributed by atoms with Gasteiger partial charge < -0.3 is 9.47 Å². The second kappa shape index (κ2) is 11.4. The van der Waals surface area contributed by atoms with Crippen molar-refractivity contribution in [2.75, 3.05) is 6.61 Å². The van der Waals surface area contributed by atoms with Gasteiger partial charge in [0.05, 0.1) is 6.61 Å². The van der Waals surface area contributed by atoms with Gasteiger partial charge in [-0.05, 0) is 37.8 Å². The predicted octanol–water partition coefficient (Wildman–Crippen LogP) is 8.01. The van der Waals surface area contributed by atoms with Crippen LogP contribution in [-0.2, 0) is 12.8 Å². The SMILES string of the molecule is C=C.C=C(/C=C\C(=C)CCc1ccc2c(c1F)Oc1c(cc(OCC)c(F)c1F)C2)CC. The first-order chi connectivity index (χ1) is 15.3. The molecule has 3 rings (SSSR count). The standard InChI is InChI=1S/C25H25F3O2.C2H4/c1-5-15(3)7-8-16(4)9-10-17-11-12-18-13-19-14-20(29-6-2)22(27)23(28)25(19)30-24(18)21(17)26;1-2/h7-8,11-12,14H,3-6,9-10,13H2,1-2H3;1-2H2/b8-7-;. The molecule has 2 aromatic rings. The van der Waals surface area contributed by atoms with Crippen LogP contribution in [0.3, 0.4) is 0 Å². The van der Waals surface area contributed by atoms with Crippen molar-refractivity contribution in [2.45, 2.75) is 39.5 Å². The van der Waals surface area contributed by atoms with Gasteiger partial charge in [0.2, 0.25) is 11.6 Å². The quantitative estimate of drug-likeness (QED) is 0.260. The van der Waals surface area contributed by atoms with E-state index in [0.29, 0.717) is 29.5 Å². The average molecular weight is 443 g/mol. The van der Waals surface area contributed by atoms with Gasteiger partial charge in [-0.2, -0.15) is 8.78 Å². The van der Waals surface area contributed by atoms with E-state index < -0.39 is 17.5 Å². The summed E-state index contributed by atoms with van der Waals surface area (Å²) in [6.07, 6.45) is 5.83. The summed E-state index contributed by atoms with van der Waals surface area (Å²) in [5, 5.41) is 0. The van der Waals surface area contributed by atoms with E-state index in [2.05, 4.69) is 26.3 Å². The Morgan fingerprint density at radius 1 is 0.969 bits per heavy atom. The smallest absolute Gasteiger partial charge is 0.205 e. The molecule has 0 N–H and O–H groups in total. The molecule has 0 amide bonds. The van der Waals surface area contributed by atoms with Gasteiger partial charge in [-0.3, -0.25) is 0 Å². The Kier molecular flexibility index (Phi) is 8.94. The first-order valence-corrected chi connectivity index (χ1v) is 10.5. The van der Waals surface area contributed by atoms with Gasteiger partial charge >= 0.3 is 0 Å². The number of benzene rings is 2. The minimum atomic E-state index is -1.17. The molecule has 0 radical (unpaired) electrons. The van der Waals surface area contributed by atoms with Gasteiger partial charge in [-0.15, -0.1) is 13.2 Å². The Bertz CT molecular complexity index is 1040. The molecule has 0 bridgehead atoms. The zero-order valence-corrected chi connectivity index (χ0v) is 18.7. The maximum atomic E-state index is 15.1. The van der Waals surface area contributed by atoms with Crippen LogP contribution in [-0.4, -0.2) is 6.61 Å². The van der Waals surface area contributed by atoms with Gasteiger partial charge in [0.25, 0.3) is 0 Å². The lowest BCUT2D eigenvalue weighted by molar-refractivity contribution is 0.306. The minimum absolute atomic E-state index is 0.0528. The molecule has 2 nitrogen and oxygen atoms in total. The Morgan fingerprint density at radius 3 is 2.28 bits per heavy atom. The monoisotopic (exact) mass is 442 g/mol. The molecule has 0 aromatic heterocycles. The van der Waals surface area contributed by atoms with Crippen molar-refractivity contribution in [2.24, 2.45) is 0 Å². The molecule has 2 aromatic carbocycles. The van der Waals surface area contributed by atoms with Crippen LogP contribution in [0.2, 0.25) is 0 Å². The van der Waals surface area contributed by atoms with Crippen molar-refractivity contribution in [3.05, 3.63) is 102 Å². The summed E-state index contributed by atoms with van der Waals surface area (Å²) in [6.45, 7) is 17.8. The third-order valence-electron chi connectivity index (χ3n) is 5.07. The molecule has 0 aliphatic carbocycles.